The molecule has 1 fully saturated rings. The number of nitrogens with zero attached hydrogens (tertiary/aromatic N) is 3. The standard InChI is InChI=1S/C27H27FN4OS/c28-23-10-11-24-25(19-23)34-27(30-24)32-16-14-31(15-17-32)13-12-29-26(33)22-8-6-21(7-9-22)18-20-4-2-1-3-5-20/h1-11,19H,12-18H2,(H,29,33). The molecule has 0 saturated carbocycles. The molecular formula is C27H27FN4OS. The van der Waals surface area contributed by atoms with Crippen LogP contribution in [-0.4, -0.2) is 55.1 Å². The summed E-state index contributed by atoms with van der Waals surface area (Å²) in [6, 6.07) is 22.9. The minimum absolute atomic E-state index is 0.0356. The first-order valence-electron chi connectivity index (χ1n) is 11.6. The Morgan fingerprint density at radius 2 is 1.68 bits per heavy atom. The number of thiazole rings is 1. The van der Waals surface area contributed by atoms with Crippen molar-refractivity contribution in [1.82, 2.24) is 15.2 Å². The number of nitrogens with one attached hydrogen (secondary N) is 1. The Bertz CT molecular complexity index is 1250. The molecule has 5 rings (SSSR count). The van der Waals surface area contributed by atoms with Crippen molar-refractivity contribution in [2.45, 2.75) is 6.42 Å². The van der Waals surface area contributed by atoms with Gasteiger partial charge in [-0.1, -0.05) is 53.8 Å². The number of hydrogen-bond donors (Lipinski definition) is 1. The molecule has 1 saturated heterocycles. The molecule has 0 atom stereocenters. The molecule has 1 aromatic heterocycles. The Morgan fingerprint density at radius 1 is 0.941 bits per heavy atom. The highest BCUT2D eigenvalue weighted by Gasteiger charge is 2.20. The molecule has 4 aromatic rings. The average molecular weight is 475 g/mol. The number of anilines is 1. The molecule has 174 valence electrons. The van der Waals surface area contributed by atoms with Gasteiger partial charge in [0, 0.05) is 44.8 Å². The molecule has 1 N–H and O–H groups in total. The Kier molecular flexibility index (Phi) is 6.83. The first-order valence-corrected chi connectivity index (χ1v) is 12.4. The summed E-state index contributed by atoms with van der Waals surface area (Å²) in [5.74, 6) is -0.260. The van der Waals surface area contributed by atoms with Gasteiger partial charge in [0.25, 0.3) is 5.91 Å². The van der Waals surface area contributed by atoms with Crippen molar-refractivity contribution < 1.29 is 9.18 Å². The molecule has 0 radical (unpaired) electrons. The van der Waals surface area contributed by atoms with Crippen molar-refractivity contribution in [2.75, 3.05) is 44.2 Å². The normalized spacial score (nSPS) is 14.4. The zero-order valence-corrected chi connectivity index (χ0v) is 19.7. The first-order chi connectivity index (χ1) is 16.6. The zero-order chi connectivity index (χ0) is 23.3. The number of halogens is 1. The van der Waals surface area contributed by atoms with Crippen LogP contribution in [0.2, 0.25) is 0 Å². The highest BCUT2D eigenvalue weighted by atomic mass is 32.1. The molecule has 0 bridgehead atoms. The summed E-state index contributed by atoms with van der Waals surface area (Å²) in [6.07, 6.45) is 0.864. The van der Waals surface area contributed by atoms with Crippen LogP contribution >= 0.6 is 11.3 Å². The summed E-state index contributed by atoms with van der Waals surface area (Å²) in [7, 11) is 0. The third-order valence-electron chi connectivity index (χ3n) is 6.16. The number of piperazine rings is 1. The Hall–Kier alpha value is -3.29. The summed E-state index contributed by atoms with van der Waals surface area (Å²) in [5.41, 5.74) is 3.99. The predicted molar refractivity (Wildman–Crippen MR) is 136 cm³/mol. The minimum Gasteiger partial charge on any atom is -0.351 e. The van der Waals surface area contributed by atoms with Gasteiger partial charge in [-0.15, -0.1) is 0 Å². The maximum atomic E-state index is 13.4. The summed E-state index contributed by atoms with van der Waals surface area (Å²) in [5, 5.41) is 3.99. The lowest BCUT2D eigenvalue weighted by Gasteiger charge is -2.34. The van der Waals surface area contributed by atoms with E-state index in [4.69, 9.17) is 0 Å². The van der Waals surface area contributed by atoms with Crippen LogP contribution in [0.25, 0.3) is 10.2 Å². The van der Waals surface area contributed by atoms with E-state index in [9.17, 15) is 9.18 Å². The molecule has 2 heterocycles. The van der Waals surface area contributed by atoms with Gasteiger partial charge in [0.1, 0.15) is 5.82 Å². The molecule has 5 nitrogen and oxygen atoms in total. The van der Waals surface area contributed by atoms with Crippen molar-refractivity contribution in [1.29, 1.82) is 0 Å². The van der Waals surface area contributed by atoms with Crippen molar-refractivity contribution in [3.8, 4) is 0 Å². The average Bonchev–Trinajstić information content (AvgIpc) is 3.29. The minimum atomic E-state index is -0.224. The third kappa shape index (κ3) is 5.43. The number of carbonyl (C=O) groups excluding carboxylic acids is 1. The van der Waals surface area contributed by atoms with E-state index in [2.05, 4.69) is 32.2 Å². The highest BCUT2D eigenvalue weighted by Crippen LogP contribution is 2.29. The number of fused-ring (bicyclic) bond motifs is 1. The van der Waals surface area contributed by atoms with Crippen LogP contribution in [0.4, 0.5) is 9.52 Å². The van der Waals surface area contributed by atoms with Crippen LogP contribution in [0.5, 0.6) is 0 Å². The van der Waals surface area contributed by atoms with Gasteiger partial charge in [-0.2, -0.15) is 0 Å². The van der Waals surface area contributed by atoms with E-state index < -0.39 is 0 Å². The van der Waals surface area contributed by atoms with Crippen LogP contribution in [-0.2, 0) is 6.42 Å². The van der Waals surface area contributed by atoms with Crippen LogP contribution in [0.1, 0.15) is 21.5 Å². The third-order valence-corrected chi connectivity index (χ3v) is 7.24. The molecule has 1 aliphatic rings. The van der Waals surface area contributed by atoms with Gasteiger partial charge in [0.2, 0.25) is 0 Å². The molecular weight excluding hydrogens is 447 g/mol. The van der Waals surface area contributed by atoms with Crippen molar-refractivity contribution >= 4 is 32.6 Å². The molecule has 1 amide bonds. The number of benzene rings is 3. The molecule has 0 aliphatic carbocycles. The van der Waals surface area contributed by atoms with Crippen molar-refractivity contribution in [2.24, 2.45) is 0 Å². The number of amides is 1. The van der Waals surface area contributed by atoms with Gasteiger partial charge >= 0.3 is 0 Å². The van der Waals surface area contributed by atoms with Gasteiger partial charge in [-0.05, 0) is 47.9 Å². The monoisotopic (exact) mass is 474 g/mol. The molecule has 0 spiro atoms. The summed E-state index contributed by atoms with van der Waals surface area (Å²) in [6.45, 7) is 5.00. The topological polar surface area (TPSA) is 48.5 Å². The fourth-order valence-electron chi connectivity index (χ4n) is 4.22. The maximum absolute atomic E-state index is 13.4. The molecule has 0 unspecified atom stereocenters. The van der Waals surface area contributed by atoms with E-state index in [0.29, 0.717) is 12.1 Å². The van der Waals surface area contributed by atoms with Crippen molar-refractivity contribution in [3.63, 3.8) is 0 Å². The fourth-order valence-corrected chi connectivity index (χ4v) is 5.26. The summed E-state index contributed by atoms with van der Waals surface area (Å²) in [4.78, 5) is 21.8. The highest BCUT2D eigenvalue weighted by molar-refractivity contribution is 7.22. The van der Waals surface area contributed by atoms with E-state index in [1.165, 1.54) is 28.5 Å². The van der Waals surface area contributed by atoms with Gasteiger partial charge in [-0.3, -0.25) is 9.69 Å². The van der Waals surface area contributed by atoms with Crippen LogP contribution in [0.15, 0.2) is 72.8 Å². The predicted octanol–water partition coefficient (Wildman–Crippen LogP) is 4.58. The summed E-state index contributed by atoms with van der Waals surface area (Å²) < 4.78 is 14.3. The lowest BCUT2D eigenvalue weighted by Crippen LogP contribution is -2.48. The fraction of sp³-hybridized carbons (Fsp3) is 0.259. The largest absolute Gasteiger partial charge is 0.351 e. The molecule has 7 heteroatoms. The SMILES string of the molecule is O=C(NCCN1CCN(c2nc3ccc(F)cc3s2)CC1)c1ccc(Cc2ccccc2)cc1. The van der Waals surface area contributed by atoms with Gasteiger partial charge in [0.15, 0.2) is 5.13 Å². The van der Waals surface area contributed by atoms with Crippen LogP contribution < -0.4 is 10.2 Å². The number of hydrogen-bond acceptors (Lipinski definition) is 5. The van der Waals surface area contributed by atoms with E-state index >= 15 is 0 Å². The smallest absolute Gasteiger partial charge is 0.251 e. The Morgan fingerprint density at radius 3 is 2.44 bits per heavy atom. The lowest BCUT2D eigenvalue weighted by molar-refractivity contribution is 0.0948. The van der Waals surface area contributed by atoms with E-state index in [1.807, 2.05) is 42.5 Å². The second-order valence-electron chi connectivity index (χ2n) is 8.55. The van der Waals surface area contributed by atoms with Crippen molar-refractivity contribution in [3.05, 3.63) is 95.3 Å². The molecule has 34 heavy (non-hydrogen) atoms. The second kappa shape index (κ2) is 10.3. The Balaban J connectivity index is 1.06. The number of rotatable bonds is 7. The number of carbonyl (C=O) groups is 1. The quantitative estimate of drug-likeness (QED) is 0.426. The van der Waals surface area contributed by atoms with Gasteiger partial charge in [-0.25, -0.2) is 9.37 Å². The van der Waals surface area contributed by atoms with Crippen LogP contribution in [0.3, 0.4) is 0 Å². The van der Waals surface area contributed by atoms with E-state index in [0.717, 1.165) is 54.5 Å². The lowest BCUT2D eigenvalue weighted by atomic mass is 10.0. The second-order valence-corrected chi connectivity index (χ2v) is 9.56. The van der Waals surface area contributed by atoms with E-state index in [1.54, 1.807) is 12.1 Å². The zero-order valence-electron chi connectivity index (χ0n) is 18.9. The van der Waals surface area contributed by atoms with Gasteiger partial charge < -0.3 is 10.2 Å². The van der Waals surface area contributed by atoms with E-state index in [-0.39, 0.29) is 11.7 Å². The summed E-state index contributed by atoms with van der Waals surface area (Å²) >= 11 is 1.54. The van der Waals surface area contributed by atoms with Gasteiger partial charge in [0.05, 0.1) is 10.2 Å². The molecule has 1 aliphatic heterocycles. The number of aromatic nitrogens is 1. The molecule has 3 aromatic carbocycles. The van der Waals surface area contributed by atoms with Crippen LogP contribution in [0, 0.1) is 5.82 Å². The first kappa shape index (κ1) is 22.5. The maximum Gasteiger partial charge on any atom is 0.251 e. The Labute approximate surface area is 202 Å².